The number of carbonyl (C=O) groups excluding carboxylic acids is 2. The van der Waals surface area contributed by atoms with Crippen LogP contribution in [0, 0.1) is 11.3 Å². The lowest BCUT2D eigenvalue weighted by Crippen LogP contribution is -2.59. The van der Waals surface area contributed by atoms with E-state index in [2.05, 4.69) is 5.32 Å². The van der Waals surface area contributed by atoms with Gasteiger partial charge < -0.3 is 16.0 Å². The largest absolute Gasteiger partial charge is 0.356 e. The third kappa shape index (κ3) is 8.96. The molecule has 4 atom stereocenters. The Morgan fingerprint density at radius 2 is 1.70 bits per heavy atom. The smallest absolute Gasteiger partial charge is 0.229 e. The summed E-state index contributed by atoms with van der Waals surface area (Å²) in [5, 5.41) is 3.52. The maximum atomic E-state index is 14.8. The second-order valence-corrected chi connectivity index (χ2v) is 16.2. The summed E-state index contributed by atoms with van der Waals surface area (Å²) in [6.07, 6.45) is 3.00. The Morgan fingerprint density at radius 3 is 2.28 bits per heavy atom. The van der Waals surface area contributed by atoms with Crippen molar-refractivity contribution in [1.82, 2.24) is 10.2 Å². The maximum Gasteiger partial charge on any atom is 0.229 e. The summed E-state index contributed by atoms with van der Waals surface area (Å²) in [6, 6.07) is 13.8. The van der Waals surface area contributed by atoms with Crippen LogP contribution in [0.1, 0.15) is 89.8 Å². The van der Waals surface area contributed by atoms with E-state index in [4.69, 9.17) is 28.9 Å². The molecule has 1 aliphatic rings. The molecular weight excluding hydrogens is 605 g/mol. The molecule has 0 radical (unpaired) electrons. The van der Waals surface area contributed by atoms with Crippen LogP contribution in [0.4, 0.5) is 0 Å². The van der Waals surface area contributed by atoms with E-state index in [-0.39, 0.29) is 35.8 Å². The van der Waals surface area contributed by atoms with Gasteiger partial charge >= 0.3 is 0 Å². The molecule has 43 heavy (non-hydrogen) atoms. The molecule has 7 nitrogen and oxygen atoms in total. The summed E-state index contributed by atoms with van der Waals surface area (Å²) in [6.45, 7) is 10.2. The predicted octanol–water partition coefficient (Wildman–Crippen LogP) is 6.54. The van der Waals surface area contributed by atoms with Gasteiger partial charge in [0.1, 0.15) is 0 Å². The number of nitrogens with two attached hydrogens (primary N) is 1. The molecule has 0 bridgehead atoms. The topological polar surface area (TPSA) is 110 Å². The van der Waals surface area contributed by atoms with Crippen molar-refractivity contribution in [2.45, 2.75) is 90.0 Å². The van der Waals surface area contributed by atoms with E-state index in [0.29, 0.717) is 29.6 Å². The first-order valence-corrected chi connectivity index (χ1v) is 17.7. The molecule has 10 heteroatoms. The van der Waals surface area contributed by atoms with Gasteiger partial charge in [0.2, 0.25) is 11.8 Å². The number of piperidine rings is 1. The highest BCUT2D eigenvalue weighted by Crippen LogP contribution is 2.52. The molecule has 0 spiro atoms. The van der Waals surface area contributed by atoms with Crippen LogP contribution in [0.25, 0.3) is 0 Å². The highest BCUT2D eigenvalue weighted by Gasteiger charge is 2.53. The van der Waals surface area contributed by atoms with Crippen LogP contribution in [-0.4, -0.2) is 55.3 Å². The maximum absolute atomic E-state index is 14.8. The second kappa shape index (κ2) is 15.2. The van der Waals surface area contributed by atoms with Crippen molar-refractivity contribution in [2.75, 3.05) is 18.8 Å². The Labute approximate surface area is 267 Å². The Balaban J connectivity index is 2.16. The molecule has 3 N–H and O–H groups in total. The fourth-order valence-corrected chi connectivity index (χ4v) is 7.76. The average molecular weight is 653 g/mol. The highest BCUT2D eigenvalue weighted by molar-refractivity contribution is 7.92. The summed E-state index contributed by atoms with van der Waals surface area (Å²) in [7, 11) is -3.52. The fraction of sp³-hybridized carbons (Fsp3) is 0.576. The van der Waals surface area contributed by atoms with Gasteiger partial charge in [-0.15, -0.1) is 0 Å². The zero-order valence-electron chi connectivity index (χ0n) is 26.0. The minimum Gasteiger partial charge on any atom is -0.356 e. The molecule has 0 aliphatic carbocycles. The molecule has 1 aliphatic heterocycles. The average Bonchev–Trinajstić information content (AvgIpc) is 2.93. The number of sulfone groups is 1. The lowest BCUT2D eigenvalue weighted by Gasteiger charge is -2.53. The second-order valence-electron chi connectivity index (χ2n) is 12.7. The molecule has 3 rings (SSSR count). The van der Waals surface area contributed by atoms with Crippen molar-refractivity contribution in [3.63, 3.8) is 0 Å². The minimum absolute atomic E-state index is 0.00856. The van der Waals surface area contributed by atoms with Crippen LogP contribution in [-0.2, 0) is 19.4 Å². The van der Waals surface area contributed by atoms with E-state index in [1.807, 2.05) is 51.1 Å². The first-order chi connectivity index (χ1) is 20.2. The molecule has 2 amide bonds. The van der Waals surface area contributed by atoms with Crippen molar-refractivity contribution >= 4 is 44.9 Å². The normalized spacial score (nSPS) is 21.8. The first-order valence-electron chi connectivity index (χ1n) is 15.2. The number of carbonyl (C=O) groups is 2. The van der Waals surface area contributed by atoms with E-state index in [1.54, 1.807) is 36.9 Å². The number of nitrogens with zero attached hydrogens (tertiary/aromatic N) is 1. The van der Waals surface area contributed by atoms with Crippen LogP contribution in [0.3, 0.4) is 0 Å². The Hall–Kier alpha value is -2.13. The summed E-state index contributed by atoms with van der Waals surface area (Å²) in [4.78, 5) is 29.8. The number of amides is 2. The summed E-state index contributed by atoms with van der Waals surface area (Å²) in [5.41, 5.74) is 6.28. The Kier molecular flexibility index (Phi) is 12.5. The number of hydrogen-bond donors (Lipinski definition) is 2. The predicted molar refractivity (Wildman–Crippen MR) is 176 cm³/mol. The molecule has 1 fully saturated rings. The lowest BCUT2D eigenvalue weighted by molar-refractivity contribution is -0.158. The third-order valence-corrected chi connectivity index (χ3v) is 11.3. The summed E-state index contributed by atoms with van der Waals surface area (Å²) < 4.78 is 26.7. The monoisotopic (exact) mass is 651 g/mol. The number of hydrogen-bond acceptors (Lipinski definition) is 5. The van der Waals surface area contributed by atoms with Gasteiger partial charge in [-0.25, -0.2) is 8.42 Å². The molecule has 2 aromatic carbocycles. The number of halogens is 2. The zero-order chi connectivity index (χ0) is 31.9. The van der Waals surface area contributed by atoms with Gasteiger partial charge in [0.05, 0.1) is 22.5 Å². The highest BCUT2D eigenvalue weighted by atomic mass is 35.5. The van der Waals surface area contributed by atoms with Gasteiger partial charge in [-0.3, -0.25) is 9.59 Å². The Bertz CT molecular complexity index is 1350. The first kappa shape index (κ1) is 35.4. The quantitative estimate of drug-likeness (QED) is 0.225. The SMILES string of the molecule is CC(C)[C@@H](CS(=O)(=O)C(C)C)N1C(=O)[C@@](C)(CC(=O)NCCCCCN)C[C@H](c2cccc(Cl)c2)[C@H]1c1ccc(Cl)cc1. The van der Waals surface area contributed by atoms with Crippen LogP contribution < -0.4 is 11.1 Å². The van der Waals surface area contributed by atoms with E-state index >= 15 is 0 Å². The van der Waals surface area contributed by atoms with Crippen molar-refractivity contribution in [3.05, 3.63) is 69.7 Å². The van der Waals surface area contributed by atoms with Gasteiger partial charge in [0.15, 0.2) is 9.84 Å². The molecule has 2 aromatic rings. The van der Waals surface area contributed by atoms with Gasteiger partial charge in [-0.2, -0.15) is 0 Å². The fourth-order valence-electron chi connectivity index (χ4n) is 6.03. The number of likely N-dealkylation sites (tertiary alicyclic amines) is 1. The van der Waals surface area contributed by atoms with Crippen LogP contribution in [0.15, 0.2) is 48.5 Å². The lowest BCUT2D eigenvalue weighted by atomic mass is 9.66. The van der Waals surface area contributed by atoms with Gasteiger partial charge in [-0.1, -0.05) is 74.7 Å². The van der Waals surface area contributed by atoms with Crippen molar-refractivity contribution in [2.24, 2.45) is 17.1 Å². The van der Waals surface area contributed by atoms with E-state index in [9.17, 15) is 18.0 Å². The zero-order valence-corrected chi connectivity index (χ0v) is 28.3. The molecular formula is C33H47Cl2N3O4S. The standard InChI is InChI=1S/C33H47Cl2N3O4S/c1-22(2)29(21-43(41,42)23(3)4)38-31(24-12-14-26(34)15-13-24)28(25-10-9-11-27(35)18-25)19-33(5,32(38)40)20-30(39)37-17-8-6-7-16-36/h9-15,18,22-23,28-29,31H,6-8,16-17,19-21,36H2,1-5H3,(H,37,39)/t28-,29-,31-,33-/m1/s1. The van der Waals surface area contributed by atoms with E-state index in [0.717, 1.165) is 30.4 Å². The molecule has 238 valence electrons. The summed E-state index contributed by atoms with van der Waals surface area (Å²) in [5.74, 6) is -1.03. The third-order valence-electron chi connectivity index (χ3n) is 8.59. The number of benzene rings is 2. The van der Waals surface area contributed by atoms with Gasteiger partial charge in [-0.05, 0) is 81.0 Å². The van der Waals surface area contributed by atoms with Crippen molar-refractivity contribution in [3.8, 4) is 0 Å². The molecule has 0 unspecified atom stereocenters. The minimum atomic E-state index is -3.52. The molecule has 1 heterocycles. The van der Waals surface area contributed by atoms with Crippen molar-refractivity contribution < 1.29 is 18.0 Å². The number of unbranched alkanes of at least 4 members (excludes halogenated alkanes) is 2. The number of nitrogens with one attached hydrogen (secondary N) is 1. The molecule has 1 saturated heterocycles. The van der Waals surface area contributed by atoms with Crippen LogP contribution in [0.2, 0.25) is 10.0 Å². The Morgan fingerprint density at radius 1 is 1.02 bits per heavy atom. The number of rotatable bonds is 14. The van der Waals surface area contributed by atoms with Gasteiger partial charge in [0, 0.05) is 35.0 Å². The van der Waals surface area contributed by atoms with Crippen LogP contribution >= 0.6 is 23.2 Å². The van der Waals surface area contributed by atoms with E-state index in [1.165, 1.54) is 0 Å². The van der Waals surface area contributed by atoms with Crippen LogP contribution in [0.5, 0.6) is 0 Å². The van der Waals surface area contributed by atoms with E-state index < -0.39 is 32.6 Å². The molecule has 0 aromatic heterocycles. The summed E-state index contributed by atoms with van der Waals surface area (Å²) >= 11 is 12.7. The van der Waals surface area contributed by atoms with Gasteiger partial charge in [0.25, 0.3) is 0 Å². The molecule has 0 saturated carbocycles. The van der Waals surface area contributed by atoms with Crippen molar-refractivity contribution in [1.29, 1.82) is 0 Å².